The van der Waals surface area contributed by atoms with Crippen molar-refractivity contribution in [3.05, 3.63) is 34.9 Å². The van der Waals surface area contributed by atoms with Crippen LogP contribution in [-0.2, 0) is 22.4 Å². The highest BCUT2D eigenvalue weighted by molar-refractivity contribution is 5.97. The smallest absolute Gasteiger partial charge is 0.338 e. The number of urea groups is 1. The van der Waals surface area contributed by atoms with Crippen molar-refractivity contribution in [2.24, 2.45) is 5.92 Å². The van der Waals surface area contributed by atoms with Crippen LogP contribution in [-0.4, -0.2) is 30.6 Å². The molecule has 6 heteroatoms. The molecule has 2 atom stereocenters. The van der Waals surface area contributed by atoms with Crippen molar-refractivity contribution in [3.63, 3.8) is 0 Å². The van der Waals surface area contributed by atoms with E-state index < -0.39 is 24.5 Å². The summed E-state index contributed by atoms with van der Waals surface area (Å²) in [7, 11) is 0. The van der Waals surface area contributed by atoms with Gasteiger partial charge in [-0.25, -0.2) is 9.59 Å². The average molecular weight is 358 g/mol. The third kappa shape index (κ3) is 4.62. The van der Waals surface area contributed by atoms with E-state index in [1.807, 2.05) is 12.1 Å². The summed E-state index contributed by atoms with van der Waals surface area (Å²) in [6, 6.07) is 5.06. The molecule has 140 valence electrons. The van der Waals surface area contributed by atoms with Crippen LogP contribution in [0.15, 0.2) is 18.2 Å². The lowest BCUT2D eigenvalue weighted by molar-refractivity contribution is -0.123. The first-order chi connectivity index (χ1) is 12.5. The molecular weight excluding hydrogens is 332 g/mol. The van der Waals surface area contributed by atoms with Crippen molar-refractivity contribution >= 4 is 17.9 Å². The summed E-state index contributed by atoms with van der Waals surface area (Å²) in [5.74, 6) is -0.765. The Labute approximate surface area is 153 Å². The van der Waals surface area contributed by atoms with Gasteiger partial charge in [0.25, 0.3) is 5.91 Å². The third-order valence-corrected chi connectivity index (χ3v) is 5.35. The van der Waals surface area contributed by atoms with Gasteiger partial charge in [-0.1, -0.05) is 25.8 Å². The molecule has 0 radical (unpaired) electrons. The first kappa shape index (κ1) is 18.4. The molecule has 6 nitrogen and oxygen atoms in total. The van der Waals surface area contributed by atoms with Crippen molar-refractivity contribution in [2.45, 2.75) is 57.9 Å². The van der Waals surface area contributed by atoms with E-state index in [-0.39, 0.29) is 6.04 Å². The fourth-order valence-corrected chi connectivity index (χ4v) is 3.81. The molecule has 0 saturated heterocycles. The second-order valence-corrected chi connectivity index (χ2v) is 7.30. The summed E-state index contributed by atoms with van der Waals surface area (Å²) >= 11 is 0. The standard InChI is InChI=1S/C20H26N2O4/c1-13-5-2-3-8-17(13)21-20(25)22-18(23)12-26-19(24)16-10-9-14-6-4-7-15(14)11-16/h9-11,13,17H,2-8,12H2,1H3,(H2,21,22,23,25)/t13-,17+/m1/s1. The van der Waals surface area contributed by atoms with Gasteiger partial charge < -0.3 is 10.1 Å². The van der Waals surface area contributed by atoms with E-state index >= 15 is 0 Å². The molecule has 1 fully saturated rings. The summed E-state index contributed by atoms with van der Waals surface area (Å²) in [4.78, 5) is 35.9. The molecule has 3 rings (SSSR count). The first-order valence-electron chi connectivity index (χ1n) is 9.42. The number of aryl methyl sites for hydroxylation is 2. The number of nitrogens with one attached hydrogen (secondary N) is 2. The Kier molecular flexibility index (Phi) is 5.91. The zero-order valence-electron chi connectivity index (χ0n) is 15.2. The van der Waals surface area contributed by atoms with Gasteiger partial charge in [-0.2, -0.15) is 0 Å². The predicted octanol–water partition coefficient (Wildman–Crippen LogP) is 2.74. The molecule has 26 heavy (non-hydrogen) atoms. The van der Waals surface area contributed by atoms with E-state index in [0.717, 1.165) is 38.5 Å². The van der Waals surface area contributed by atoms with Gasteiger partial charge in [0.15, 0.2) is 6.61 Å². The molecule has 1 saturated carbocycles. The second kappa shape index (κ2) is 8.34. The van der Waals surface area contributed by atoms with Crippen LogP contribution in [0.5, 0.6) is 0 Å². The molecule has 0 heterocycles. The Morgan fingerprint density at radius 1 is 1.08 bits per heavy atom. The minimum absolute atomic E-state index is 0.0884. The molecule has 1 aromatic carbocycles. The van der Waals surface area contributed by atoms with Crippen molar-refractivity contribution in [1.82, 2.24) is 10.6 Å². The van der Waals surface area contributed by atoms with Crippen LogP contribution in [0.4, 0.5) is 4.79 Å². The average Bonchev–Trinajstić information content (AvgIpc) is 3.09. The molecule has 2 aliphatic rings. The number of hydrogen-bond donors (Lipinski definition) is 2. The predicted molar refractivity (Wildman–Crippen MR) is 96.8 cm³/mol. The summed E-state index contributed by atoms with van der Waals surface area (Å²) < 4.78 is 5.03. The lowest BCUT2D eigenvalue weighted by atomic mass is 9.86. The van der Waals surface area contributed by atoms with Crippen LogP contribution >= 0.6 is 0 Å². The van der Waals surface area contributed by atoms with Crippen molar-refractivity contribution in [3.8, 4) is 0 Å². The van der Waals surface area contributed by atoms with Gasteiger partial charge in [0, 0.05) is 6.04 Å². The molecule has 3 amide bonds. The van der Waals surface area contributed by atoms with Crippen LogP contribution in [0.3, 0.4) is 0 Å². The number of hydrogen-bond acceptors (Lipinski definition) is 4. The molecule has 0 spiro atoms. The van der Waals surface area contributed by atoms with E-state index in [9.17, 15) is 14.4 Å². The second-order valence-electron chi connectivity index (χ2n) is 7.30. The SMILES string of the molecule is C[C@@H]1CCCC[C@@H]1NC(=O)NC(=O)COC(=O)c1ccc2c(c1)CCC2. The first-order valence-corrected chi connectivity index (χ1v) is 9.42. The maximum absolute atomic E-state index is 12.1. The number of carbonyl (C=O) groups is 3. The summed E-state index contributed by atoms with van der Waals surface area (Å²) in [5.41, 5.74) is 2.89. The number of carbonyl (C=O) groups excluding carboxylic acids is 3. The summed E-state index contributed by atoms with van der Waals surface area (Å²) in [6.07, 6.45) is 7.39. The number of imide groups is 1. The zero-order chi connectivity index (χ0) is 18.5. The van der Waals surface area contributed by atoms with Gasteiger partial charge in [0.1, 0.15) is 0 Å². The minimum Gasteiger partial charge on any atom is -0.452 e. The highest BCUT2D eigenvalue weighted by Crippen LogP contribution is 2.24. The van der Waals surface area contributed by atoms with Gasteiger partial charge in [-0.15, -0.1) is 0 Å². The van der Waals surface area contributed by atoms with Gasteiger partial charge in [0.2, 0.25) is 0 Å². The fraction of sp³-hybridized carbons (Fsp3) is 0.550. The van der Waals surface area contributed by atoms with E-state index in [0.29, 0.717) is 11.5 Å². The number of esters is 1. The van der Waals surface area contributed by atoms with Gasteiger partial charge >= 0.3 is 12.0 Å². The lowest BCUT2D eigenvalue weighted by Gasteiger charge is -2.29. The number of ether oxygens (including phenoxy) is 1. The molecule has 0 bridgehead atoms. The monoisotopic (exact) mass is 358 g/mol. The van der Waals surface area contributed by atoms with Crippen LogP contribution in [0.25, 0.3) is 0 Å². The van der Waals surface area contributed by atoms with E-state index in [1.54, 1.807) is 6.07 Å². The summed E-state index contributed by atoms with van der Waals surface area (Å²) in [5, 5.41) is 5.07. The van der Waals surface area contributed by atoms with Crippen molar-refractivity contribution < 1.29 is 19.1 Å². The minimum atomic E-state index is -0.625. The fourth-order valence-electron chi connectivity index (χ4n) is 3.81. The van der Waals surface area contributed by atoms with Crippen LogP contribution in [0, 0.1) is 5.92 Å². The van der Waals surface area contributed by atoms with Gasteiger partial charge in [-0.05, 0) is 61.3 Å². The molecule has 0 unspecified atom stereocenters. The van der Waals surface area contributed by atoms with E-state index in [4.69, 9.17) is 4.74 Å². The highest BCUT2D eigenvalue weighted by Gasteiger charge is 2.23. The maximum Gasteiger partial charge on any atom is 0.338 e. The zero-order valence-corrected chi connectivity index (χ0v) is 15.2. The molecule has 2 N–H and O–H groups in total. The van der Waals surface area contributed by atoms with Crippen LogP contribution < -0.4 is 10.6 Å². The van der Waals surface area contributed by atoms with Crippen molar-refractivity contribution in [2.75, 3.05) is 6.61 Å². The summed E-state index contributed by atoms with van der Waals surface area (Å²) in [6.45, 7) is 1.63. The Morgan fingerprint density at radius 2 is 1.85 bits per heavy atom. The number of amides is 3. The topological polar surface area (TPSA) is 84.5 Å². The number of rotatable bonds is 4. The largest absolute Gasteiger partial charge is 0.452 e. The normalized spacial score (nSPS) is 21.6. The molecule has 2 aliphatic carbocycles. The Balaban J connectivity index is 1.43. The molecule has 1 aromatic rings. The highest BCUT2D eigenvalue weighted by atomic mass is 16.5. The molecular formula is C20H26N2O4. The Bertz CT molecular complexity index is 701. The Morgan fingerprint density at radius 3 is 2.65 bits per heavy atom. The number of benzene rings is 1. The van der Waals surface area contributed by atoms with Gasteiger partial charge in [-0.3, -0.25) is 10.1 Å². The molecule has 0 aromatic heterocycles. The van der Waals surface area contributed by atoms with Gasteiger partial charge in [0.05, 0.1) is 5.56 Å². The third-order valence-electron chi connectivity index (χ3n) is 5.35. The molecule has 0 aliphatic heterocycles. The van der Waals surface area contributed by atoms with Crippen LogP contribution in [0.1, 0.15) is 60.5 Å². The van der Waals surface area contributed by atoms with Crippen LogP contribution in [0.2, 0.25) is 0 Å². The Hall–Kier alpha value is -2.37. The van der Waals surface area contributed by atoms with Crippen molar-refractivity contribution in [1.29, 1.82) is 0 Å². The van der Waals surface area contributed by atoms with E-state index in [1.165, 1.54) is 17.5 Å². The maximum atomic E-state index is 12.1. The quantitative estimate of drug-likeness (QED) is 0.811. The van der Waals surface area contributed by atoms with E-state index in [2.05, 4.69) is 17.6 Å². The lowest BCUT2D eigenvalue weighted by Crippen LogP contribution is -2.48. The number of fused-ring (bicyclic) bond motifs is 1.